The minimum Gasteiger partial charge on any atom is -0.325 e. The second-order valence-electron chi connectivity index (χ2n) is 4.75. The van der Waals surface area contributed by atoms with E-state index in [9.17, 15) is 18.0 Å². The van der Waals surface area contributed by atoms with Crippen molar-refractivity contribution in [2.24, 2.45) is 0 Å². The van der Waals surface area contributed by atoms with Crippen LogP contribution in [-0.4, -0.2) is 26.6 Å². The van der Waals surface area contributed by atoms with Crippen LogP contribution in [0.2, 0.25) is 0 Å². The minimum absolute atomic E-state index is 0.0690. The fourth-order valence-electron chi connectivity index (χ4n) is 1.92. The number of hydrazine groups is 1. The van der Waals surface area contributed by atoms with E-state index in [-0.39, 0.29) is 22.2 Å². The standard InChI is InChI=1S/C15H15ClN4O4S/c16-9-15(22)18-11-6-7-13(19-17-10-21)14(8-11)20-25(23,24)12-4-2-1-3-5-12/h1-8,10,19-20H,9H2,(H,17,21)(H,18,22). The van der Waals surface area contributed by atoms with Crippen molar-refractivity contribution in [3.8, 4) is 0 Å². The van der Waals surface area contributed by atoms with E-state index in [0.717, 1.165) is 0 Å². The van der Waals surface area contributed by atoms with Gasteiger partial charge in [-0.05, 0) is 30.3 Å². The van der Waals surface area contributed by atoms with Crippen LogP contribution in [0.1, 0.15) is 0 Å². The lowest BCUT2D eigenvalue weighted by atomic mass is 10.2. The minimum atomic E-state index is -3.86. The van der Waals surface area contributed by atoms with Crippen LogP contribution in [0.5, 0.6) is 0 Å². The number of carbonyl (C=O) groups excluding carboxylic acids is 2. The fourth-order valence-corrected chi connectivity index (χ4v) is 3.08. The third kappa shape index (κ3) is 5.10. The summed E-state index contributed by atoms with van der Waals surface area (Å²) in [5, 5.41) is 2.52. The molecule has 0 aromatic heterocycles. The summed E-state index contributed by atoms with van der Waals surface area (Å²) in [7, 11) is -3.86. The first-order chi connectivity index (χ1) is 12.0. The summed E-state index contributed by atoms with van der Waals surface area (Å²) in [5.41, 5.74) is 5.53. The Hall–Kier alpha value is -2.78. The molecule has 25 heavy (non-hydrogen) atoms. The van der Waals surface area contributed by atoms with Crippen molar-refractivity contribution in [2.75, 3.05) is 21.3 Å². The molecule has 0 spiro atoms. The highest BCUT2D eigenvalue weighted by Crippen LogP contribution is 2.28. The molecule has 0 saturated heterocycles. The molecule has 0 saturated carbocycles. The average Bonchev–Trinajstić information content (AvgIpc) is 2.61. The molecule has 0 bridgehead atoms. The molecule has 10 heteroatoms. The van der Waals surface area contributed by atoms with E-state index in [4.69, 9.17) is 11.6 Å². The lowest BCUT2D eigenvalue weighted by molar-refractivity contribution is -0.114. The first-order valence-electron chi connectivity index (χ1n) is 6.99. The second kappa shape index (κ2) is 8.36. The van der Waals surface area contributed by atoms with Gasteiger partial charge in [-0.25, -0.2) is 8.42 Å². The van der Waals surface area contributed by atoms with Crippen molar-refractivity contribution in [3.63, 3.8) is 0 Å². The normalized spacial score (nSPS) is 10.6. The fraction of sp³-hybridized carbons (Fsp3) is 0.0667. The number of halogens is 1. The van der Waals surface area contributed by atoms with Gasteiger partial charge in [-0.3, -0.25) is 25.2 Å². The van der Waals surface area contributed by atoms with Crippen molar-refractivity contribution in [2.45, 2.75) is 4.90 Å². The zero-order valence-corrected chi connectivity index (χ0v) is 14.4. The quantitative estimate of drug-likeness (QED) is 0.315. The molecule has 0 aliphatic rings. The van der Waals surface area contributed by atoms with Gasteiger partial charge in [0.15, 0.2) is 0 Å². The Morgan fingerprint density at radius 1 is 1.08 bits per heavy atom. The first kappa shape index (κ1) is 18.6. The second-order valence-corrected chi connectivity index (χ2v) is 6.70. The number of benzene rings is 2. The number of nitrogens with one attached hydrogen (secondary N) is 4. The summed E-state index contributed by atoms with van der Waals surface area (Å²) in [6.07, 6.45) is 0.401. The molecule has 2 amide bonds. The van der Waals surface area contributed by atoms with Gasteiger partial charge in [0.2, 0.25) is 12.3 Å². The van der Waals surface area contributed by atoms with Gasteiger partial charge in [-0.2, -0.15) is 0 Å². The van der Waals surface area contributed by atoms with Crippen molar-refractivity contribution in [3.05, 3.63) is 48.5 Å². The van der Waals surface area contributed by atoms with Gasteiger partial charge in [-0.15, -0.1) is 11.6 Å². The monoisotopic (exact) mass is 382 g/mol. The number of amides is 2. The Bertz CT molecular complexity index is 859. The van der Waals surface area contributed by atoms with Gasteiger partial charge in [0.25, 0.3) is 10.0 Å². The molecule has 0 heterocycles. The Morgan fingerprint density at radius 2 is 1.80 bits per heavy atom. The van der Waals surface area contributed by atoms with Crippen LogP contribution >= 0.6 is 11.6 Å². The molecular formula is C15H15ClN4O4S. The summed E-state index contributed by atoms with van der Waals surface area (Å²) in [6.45, 7) is 0. The average molecular weight is 383 g/mol. The highest BCUT2D eigenvalue weighted by molar-refractivity contribution is 7.92. The van der Waals surface area contributed by atoms with Gasteiger partial charge in [0.05, 0.1) is 16.3 Å². The maximum atomic E-state index is 12.5. The van der Waals surface area contributed by atoms with Crippen LogP contribution in [-0.2, 0) is 19.6 Å². The summed E-state index contributed by atoms with van der Waals surface area (Å²) >= 11 is 5.44. The molecule has 2 aromatic rings. The van der Waals surface area contributed by atoms with Crippen LogP contribution in [0.25, 0.3) is 0 Å². The van der Waals surface area contributed by atoms with E-state index < -0.39 is 15.9 Å². The van der Waals surface area contributed by atoms with E-state index in [1.165, 1.54) is 30.3 Å². The molecule has 0 aliphatic carbocycles. The van der Waals surface area contributed by atoms with Gasteiger partial charge in [0.1, 0.15) is 5.88 Å². The maximum Gasteiger partial charge on any atom is 0.261 e. The van der Waals surface area contributed by atoms with Gasteiger partial charge >= 0.3 is 0 Å². The number of rotatable bonds is 8. The number of alkyl halides is 1. The summed E-state index contributed by atoms with van der Waals surface area (Å²) in [4.78, 5) is 21.9. The highest BCUT2D eigenvalue weighted by Gasteiger charge is 2.16. The maximum absolute atomic E-state index is 12.5. The summed E-state index contributed by atoms with van der Waals surface area (Å²) < 4.78 is 27.4. The predicted molar refractivity (Wildman–Crippen MR) is 95.9 cm³/mol. The first-order valence-corrected chi connectivity index (χ1v) is 9.01. The van der Waals surface area contributed by atoms with Crippen LogP contribution in [0.15, 0.2) is 53.4 Å². The van der Waals surface area contributed by atoms with Gasteiger partial charge in [0, 0.05) is 5.69 Å². The number of sulfonamides is 1. The number of hydrogen-bond acceptors (Lipinski definition) is 5. The molecule has 4 N–H and O–H groups in total. The third-order valence-electron chi connectivity index (χ3n) is 2.99. The van der Waals surface area contributed by atoms with E-state index in [0.29, 0.717) is 12.1 Å². The molecule has 2 rings (SSSR count). The van der Waals surface area contributed by atoms with Gasteiger partial charge in [-0.1, -0.05) is 18.2 Å². The molecule has 0 atom stereocenters. The number of anilines is 3. The molecule has 0 aliphatic heterocycles. The molecule has 0 radical (unpaired) electrons. The Labute approximate surface area is 149 Å². The molecule has 0 fully saturated rings. The van der Waals surface area contributed by atoms with Crippen molar-refractivity contribution >= 4 is 51.0 Å². The summed E-state index contributed by atoms with van der Waals surface area (Å²) in [6, 6.07) is 12.2. The van der Waals surface area contributed by atoms with E-state index >= 15 is 0 Å². The third-order valence-corrected chi connectivity index (χ3v) is 4.61. The lowest BCUT2D eigenvalue weighted by Gasteiger charge is -2.15. The van der Waals surface area contributed by atoms with Crippen LogP contribution in [0.4, 0.5) is 17.1 Å². The lowest BCUT2D eigenvalue weighted by Crippen LogP contribution is -2.22. The topological polar surface area (TPSA) is 116 Å². The van der Waals surface area contributed by atoms with Gasteiger partial charge < -0.3 is 5.32 Å². The molecule has 2 aromatic carbocycles. The van der Waals surface area contributed by atoms with Crippen LogP contribution in [0.3, 0.4) is 0 Å². The zero-order valence-electron chi connectivity index (χ0n) is 12.8. The van der Waals surface area contributed by atoms with E-state index in [2.05, 4.69) is 20.9 Å². The summed E-state index contributed by atoms with van der Waals surface area (Å²) in [5.74, 6) is -0.678. The van der Waals surface area contributed by atoms with E-state index in [1.54, 1.807) is 18.2 Å². The zero-order chi connectivity index (χ0) is 18.3. The molecule has 0 unspecified atom stereocenters. The number of hydrogen-bond donors (Lipinski definition) is 4. The van der Waals surface area contributed by atoms with Crippen molar-refractivity contribution in [1.29, 1.82) is 0 Å². The van der Waals surface area contributed by atoms with Crippen molar-refractivity contribution in [1.82, 2.24) is 5.43 Å². The molecule has 8 nitrogen and oxygen atoms in total. The smallest absolute Gasteiger partial charge is 0.261 e. The number of carbonyl (C=O) groups is 2. The van der Waals surface area contributed by atoms with E-state index in [1.807, 2.05) is 0 Å². The molecule has 132 valence electrons. The van der Waals surface area contributed by atoms with Crippen LogP contribution in [0, 0.1) is 0 Å². The Kier molecular flexibility index (Phi) is 6.20. The van der Waals surface area contributed by atoms with Crippen molar-refractivity contribution < 1.29 is 18.0 Å². The Balaban J connectivity index is 2.36. The predicted octanol–water partition coefficient (Wildman–Crippen LogP) is 1.74. The van der Waals surface area contributed by atoms with Crippen LogP contribution < -0.4 is 20.9 Å². The Morgan fingerprint density at radius 3 is 2.44 bits per heavy atom. The SMILES string of the molecule is O=CNNc1ccc(NC(=O)CCl)cc1NS(=O)(=O)c1ccccc1. The largest absolute Gasteiger partial charge is 0.325 e. The molecular weight excluding hydrogens is 368 g/mol. The highest BCUT2D eigenvalue weighted by atomic mass is 35.5.